The third-order valence-electron chi connectivity index (χ3n) is 4.83. The molecule has 0 spiro atoms. The first kappa shape index (κ1) is 24.1. The number of pyridine rings is 1. The minimum absolute atomic E-state index is 0.0727. The highest BCUT2D eigenvalue weighted by atomic mass is 35.5. The fourth-order valence-corrected chi connectivity index (χ4v) is 3.32. The molecule has 2 aromatic carbocycles. The Morgan fingerprint density at radius 2 is 1.61 bits per heavy atom. The van der Waals surface area contributed by atoms with E-state index in [0.717, 1.165) is 0 Å². The molecule has 0 saturated heterocycles. The van der Waals surface area contributed by atoms with Gasteiger partial charge < -0.3 is 14.2 Å². The lowest BCUT2D eigenvalue weighted by Crippen LogP contribution is -2.08. The van der Waals surface area contributed by atoms with Gasteiger partial charge in [-0.1, -0.05) is 11.6 Å². The molecule has 0 aliphatic rings. The van der Waals surface area contributed by atoms with Gasteiger partial charge in [-0.2, -0.15) is 0 Å². The number of carbonyl (C=O) groups excluding carboxylic acids is 2. The number of ketones is 2. The summed E-state index contributed by atoms with van der Waals surface area (Å²) in [5, 5.41) is -0.0861. The van der Waals surface area contributed by atoms with Crippen LogP contribution in [0.1, 0.15) is 33.7 Å². The average molecular weight is 476 g/mol. The van der Waals surface area contributed by atoms with Crippen LogP contribution in [-0.4, -0.2) is 37.6 Å². The van der Waals surface area contributed by atoms with E-state index in [1.807, 2.05) is 0 Å². The number of hydrogen-bond donors (Lipinski definition) is 0. The zero-order valence-electron chi connectivity index (χ0n) is 17.9. The van der Waals surface area contributed by atoms with E-state index in [1.54, 1.807) is 6.07 Å². The predicted molar refractivity (Wildman–Crippen MR) is 119 cm³/mol. The SMILES string of the molecule is COc1cc(C(=O)CCC(=O)c2ccc(OC)c(-c3ccc(F)c(Cl)c3)n2)ccc1OCF. The summed E-state index contributed by atoms with van der Waals surface area (Å²) in [6, 6.07) is 11.5. The van der Waals surface area contributed by atoms with Gasteiger partial charge in [0.1, 0.15) is 23.0 Å². The first-order chi connectivity index (χ1) is 15.9. The van der Waals surface area contributed by atoms with Crippen LogP contribution in [0, 0.1) is 5.82 Å². The number of alkyl halides is 1. The summed E-state index contributed by atoms with van der Waals surface area (Å²) < 4.78 is 41.2. The summed E-state index contributed by atoms with van der Waals surface area (Å²) in [4.78, 5) is 29.6. The highest BCUT2D eigenvalue weighted by Gasteiger charge is 2.17. The molecule has 0 fully saturated rings. The van der Waals surface area contributed by atoms with Gasteiger partial charge in [0.05, 0.1) is 19.2 Å². The van der Waals surface area contributed by atoms with Crippen molar-refractivity contribution in [3.05, 3.63) is 70.6 Å². The van der Waals surface area contributed by atoms with E-state index in [-0.39, 0.29) is 46.6 Å². The van der Waals surface area contributed by atoms with Crippen molar-refractivity contribution in [1.82, 2.24) is 4.98 Å². The van der Waals surface area contributed by atoms with E-state index in [0.29, 0.717) is 22.6 Å². The van der Waals surface area contributed by atoms with Gasteiger partial charge in [-0.15, -0.1) is 0 Å². The van der Waals surface area contributed by atoms with E-state index >= 15 is 0 Å². The van der Waals surface area contributed by atoms with Crippen LogP contribution >= 0.6 is 11.6 Å². The smallest absolute Gasteiger partial charge is 0.228 e. The fourth-order valence-electron chi connectivity index (χ4n) is 3.14. The number of benzene rings is 2. The molecule has 0 saturated carbocycles. The molecule has 0 unspecified atom stereocenters. The van der Waals surface area contributed by atoms with Crippen molar-refractivity contribution in [2.75, 3.05) is 21.1 Å². The van der Waals surface area contributed by atoms with Crippen LogP contribution in [0.3, 0.4) is 0 Å². The van der Waals surface area contributed by atoms with Crippen molar-refractivity contribution in [1.29, 1.82) is 0 Å². The topological polar surface area (TPSA) is 74.7 Å². The molecule has 172 valence electrons. The van der Waals surface area contributed by atoms with Gasteiger partial charge >= 0.3 is 0 Å². The minimum atomic E-state index is -1.03. The number of methoxy groups -OCH3 is 2. The third kappa shape index (κ3) is 5.64. The molecular weight excluding hydrogens is 456 g/mol. The second-order valence-electron chi connectivity index (χ2n) is 6.84. The Kier molecular flexibility index (Phi) is 7.95. The third-order valence-corrected chi connectivity index (χ3v) is 5.12. The van der Waals surface area contributed by atoms with Crippen LogP contribution in [0.5, 0.6) is 17.2 Å². The first-order valence-electron chi connectivity index (χ1n) is 9.81. The summed E-state index contributed by atoms with van der Waals surface area (Å²) in [6.45, 7) is -1.03. The summed E-state index contributed by atoms with van der Waals surface area (Å²) in [6.07, 6.45) is -0.163. The molecule has 1 heterocycles. The van der Waals surface area contributed by atoms with E-state index in [4.69, 9.17) is 25.8 Å². The Bertz CT molecular complexity index is 1190. The van der Waals surface area contributed by atoms with Gasteiger partial charge in [0.2, 0.25) is 6.86 Å². The minimum Gasteiger partial charge on any atom is -0.494 e. The lowest BCUT2D eigenvalue weighted by Gasteiger charge is -2.11. The van der Waals surface area contributed by atoms with Gasteiger partial charge in [0, 0.05) is 24.0 Å². The molecule has 0 bridgehead atoms. The largest absolute Gasteiger partial charge is 0.494 e. The number of hydrogen-bond acceptors (Lipinski definition) is 6. The predicted octanol–water partition coefficient (Wildman–Crippen LogP) is 5.71. The number of halogens is 3. The van der Waals surface area contributed by atoms with E-state index in [9.17, 15) is 18.4 Å². The molecule has 0 N–H and O–H groups in total. The molecule has 3 rings (SSSR count). The lowest BCUT2D eigenvalue weighted by atomic mass is 10.0. The molecule has 6 nitrogen and oxygen atoms in total. The van der Waals surface area contributed by atoms with Crippen LogP contribution in [0.25, 0.3) is 11.3 Å². The molecule has 0 amide bonds. The van der Waals surface area contributed by atoms with Crippen LogP contribution in [0.2, 0.25) is 5.02 Å². The van der Waals surface area contributed by atoms with Crippen LogP contribution in [-0.2, 0) is 0 Å². The second kappa shape index (κ2) is 10.9. The molecular formula is C24H20ClF2NO5. The summed E-state index contributed by atoms with van der Waals surface area (Å²) in [5.74, 6) is -0.468. The van der Waals surface area contributed by atoms with E-state index in [1.165, 1.54) is 56.7 Å². The van der Waals surface area contributed by atoms with Crippen molar-refractivity contribution in [2.24, 2.45) is 0 Å². The number of carbonyl (C=O) groups is 2. The summed E-state index contributed by atoms with van der Waals surface area (Å²) in [5.41, 5.74) is 1.23. The maximum absolute atomic E-state index is 13.5. The monoisotopic (exact) mass is 475 g/mol. The molecule has 0 aliphatic carbocycles. The normalized spacial score (nSPS) is 10.6. The molecule has 9 heteroatoms. The fraction of sp³-hybridized carbons (Fsp3) is 0.208. The number of aromatic nitrogens is 1. The zero-order valence-corrected chi connectivity index (χ0v) is 18.6. The van der Waals surface area contributed by atoms with Crippen molar-refractivity contribution >= 4 is 23.2 Å². The maximum atomic E-state index is 13.5. The van der Waals surface area contributed by atoms with Gasteiger partial charge in [-0.25, -0.2) is 13.8 Å². The maximum Gasteiger partial charge on any atom is 0.228 e. The molecule has 0 radical (unpaired) electrons. The quantitative estimate of drug-likeness (QED) is 0.350. The highest BCUT2D eigenvalue weighted by Crippen LogP contribution is 2.32. The van der Waals surface area contributed by atoms with Gasteiger partial charge in [0.15, 0.2) is 23.1 Å². The van der Waals surface area contributed by atoms with Crippen molar-refractivity contribution < 1.29 is 32.6 Å². The van der Waals surface area contributed by atoms with Crippen LogP contribution in [0.15, 0.2) is 48.5 Å². The van der Waals surface area contributed by atoms with E-state index in [2.05, 4.69) is 4.98 Å². The van der Waals surface area contributed by atoms with E-state index < -0.39 is 12.7 Å². The number of Topliss-reactive ketones (excluding diaryl/α,β-unsaturated/α-hetero) is 2. The Balaban J connectivity index is 1.76. The molecule has 3 aromatic rings. The lowest BCUT2D eigenvalue weighted by molar-refractivity contribution is 0.0914. The molecule has 0 atom stereocenters. The Morgan fingerprint density at radius 1 is 0.909 bits per heavy atom. The first-order valence-corrected chi connectivity index (χ1v) is 10.2. The summed E-state index contributed by atoms with van der Waals surface area (Å²) >= 11 is 5.87. The number of nitrogens with zero attached hydrogens (tertiary/aromatic N) is 1. The van der Waals surface area contributed by atoms with Crippen LogP contribution < -0.4 is 14.2 Å². The average Bonchev–Trinajstić information content (AvgIpc) is 2.84. The zero-order chi connectivity index (χ0) is 24.0. The molecule has 0 aliphatic heterocycles. The van der Waals surface area contributed by atoms with Gasteiger partial charge in [-0.3, -0.25) is 9.59 Å². The van der Waals surface area contributed by atoms with Crippen molar-refractivity contribution in [3.8, 4) is 28.5 Å². The highest BCUT2D eigenvalue weighted by molar-refractivity contribution is 6.31. The van der Waals surface area contributed by atoms with Gasteiger partial charge in [0.25, 0.3) is 0 Å². The number of rotatable bonds is 10. The Hall–Kier alpha value is -3.52. The Morgan fingerprint density at radius 3 is 2.27 bits per heavy atom. The second-order valence-corrected chi connectivity index (χ2v) is 7.25. The Labute approximate surface area is 194 Å². The number of ether oxygens (including phenoxy) is 3. The standard InChI is InChI=1S/C24H20ClF2NO5/c1-31-22-10-6-18(28-24(22)15-3-5-17(27)16(25)11-15)20(30)8-7-19(29)14-4-9-21(33-13-26)23(12-14)32-2/h3-6,9-12H,7-8,13H2,1-2H3. The molecule has 1 aromatic heterocycles. The van der Waals surface area contributed by atoms with Crippen molar-refractivity contribution in [3.63, 3.8) is 0 Å². The van der Waals surface area contributed by atoms with Gasteiger partial charge in [-0.05, 0) is 48.5 Å². The summed E-state index contributed by atoms with van der Waals surface area (Å²) in [7, 11) is 2.82. The van der Waals surface area contributed by atoms with Crippen LogP contribution in [0.4, 0.5) is 8.78 Å². The van der Waals surface area contributed by atoms with Crippen molar-refractivity contribution in [2.45, 2.75) is 12.8 Å². The molecule has 33 heavy (non-hydrogen) atoms.